The second-order valence-corrected chi connectivity index (χ2v) is 8.55. The number of likely N-dealkylation sites (tertiary alicyclic amines) is 1. The highest BCUT2D eigenvalue weighted by Gasteiger charge is 2.53. The van der Waals surface area contributed by atoms with Crippen LogP contribution < -0.4 is 4.90 Å². The van der Waals surface area contributed by atoms with Crippen LogP contribution >= 0.6 is 0 Å². The van der Waals surface area contributed by atoms with E-state index in [1.165, 1.54) is 16.3 Å². The molecule has 5 nitrogen and oxygen atoms in total. The average molecular weight is 414 g/mol. The summed E-state index contributed by atoms with van der Waals surface area (Å²) in [7, 11) is 0. The number of anilines is 1. The second-order valence-electron chi connectivity index (χ2n) is 8.55. The van der Waals surface area contributed by atoms with Crippen molar-refractivity contribution in [2.45, 2.75) is 24.9 Å². The zero-order valence-corrected chi connectivity index (χ0v) is 17.6. The number of hydrogen-bond donors (Lipinski definition) is 0. The number of carbonyl (C=O) groups excluding carboxylic acids is 2. The predicted molar refractivity (Wildman–Crippen MR) is 123 cm³/mol. The van der Waals surface area contributed by atoms with Crippen molar-refractivity contribution in [3.05, 3.63) is 78.4 Å². The molecular weight excluding hydrogens is 386 g/mol. The Bertz CT molecular complexity index is 1080. The molecule has 31 heavy (non-hydrogen) atoms. The van der Waals surface area contributed by atoms with E-state index >= 15 is 0 Å². The topological polar surface area (TPSA) is 43.9 Å². The van der Waals surface area contributed by atoms with Gasteiger partial charge in [0.25, 0.3) is 0 Å². The van der Waals surface area contributed by atoms with Gasteiger partial charge in [-0.3, -0.25) is 9.69 Å². The lowest BCUT2D eigenvalue weighted by Crippen LogP contribution is -2.56. The van der Waals surface area contributed by atoms with Gasteiger partial charge >= 0.3 is 0 Å². The van der Waals surface area contributed by atoms with Gasteiger partial charge in [-0.05, 0) is 41.3 Å². The third-order valence-corrected chi connectivity index (χ3v) is 6.83. The third-order valence-electron chi connectivity index (χ3n) is 6.83. The van der Waals surface area contributed by atoms with Crippen LogP contribution in [0.5, 0.6) is 0 Å². The maximum absolute atomic E-state index is 13.4. The van der Waals surface area contributed by atoms with Crippen molar-refractivity contribution in [3.63, 3.8) is 0 Å². The van der Waals surface area contributed by atoms with Crippen LogP contribution in [0.15, 0.2) is 72.8 Å². The SMILES string of the molecule is O=CCN1CN(c2ccccc2)C2(CCN(Cc3cccc4ccccc34)CC2)C1=O. The Balaban J connectivity index is 1.37. The van der Waals surface area contributed by atoms with E-state index in [2.05, 4.69) is 64.4 Å². The van der Waals surface area contributed by atoms with E-state index in [4.69, 9.17) is 0 Å². The first-order valence-corrected chi connectivity index (χ1v) is 11.0. The first-order chi connectivity index (χ1) is 15.2. The molecule has 2 saturated heterocycles. The predicted octanol–water partition coefficient (Wildman–Crippen LogP) is 3.68. The summed E-state index contributed by atoms with van der Waals surface area (Å²) < 4.78 is 0. The van der Waals surface area contributed by atoms with Crippen LogP contribution in [0.2, 0.25) is 0 Å². The Morgan fingerprint density at radius 1 is 0.871 bits per heavy atom. The number of para-hydroxylation sites is 1. The summed E-state index contributed by atoms with van der Waals surface area (Å²) in [5.41, 5.74) is 1.82. The average Bonchev–Trinajstić information content (AvgIpc) is 3.08. The fourth-order valence-corrected chi connectivity index (χ4v) is 5.18. The van der Waals surface area contributed by atoms with Crippen LogP contribution in [-0.2, 0) is 16.1 Å². The lowest BCUT2D eigenvalue weighted by Gasteiger charge is -2.43. The summed E-state index contributed by atoms with van der Waals surface area (Å²) in [5, 5.41) is 2.56. The van der Waals surface area contributed by atoms with E-state index < -0.39 is 5.54 Å². The lowest BCUT2D eigenvalue weighted by atomic mass is 9.85. The zero-order chi connectivity index (χ0) is 21.3. The van der Waals surface area contributed by atoms with Gasteiger partial charge in [-0.2, -0.15) is 0 Å². The Morgan fingerprint density at radius 2 is 1.58 bits per heavy atom. The van der Waals surface area contributed by atoms with Crippen molar-refractivity contribution >= 4 is 28.7 Å². The van der Waals surface area contributed by atoms with Crippen molar-refractivity contribution in [1.29, 1.82) is 0 Å². The first-order valence-electron chi connectivity index (χ1n) is 11.0. The van der Waals surface area contributed by atoms with E-state index in [0.717, 1.165) is 44.4 Å². The molecule has 5 heteroatoms. The number of hydrogen-bond acceptors (Lipinski definition) is 4. The van der Waals surface area contributed by atoms with Crippen LogP contribution in [-0.4, -0.2) is 53.8 Å². The highest BCUT2D eigenvalue weighted by atomic mass is 16.2. The summed E-state index contributed by atoms with van der Waals surface area (Å²) in [5.74, 6) is 0.0910. The number of benzene rings is 3. The van der Waals surface area contributed by atoms with Crippen molar-refractivity contribution in [1.82, 2.24) is 9.80 Å². The molecule has 3 aromatic rings. The molecule has 5 rings (SSSR count). The highest BCUT2D eigenvalue weighted by Crippen LogP contribution is 2.39. The largest absolute Gasteiger partial charge is 0.339 e. The Morgan fingerprint density at radius 3 is 2.35 bits per heavy atom. The highest BCUT2D eigenvalue weighted by molar-refractivity contribution is 5.94. The third kappa shape index (κ3) is 3.49. The summed E-state index contributed by atoms with van der Waals surface area (Å²) in [4.78, 5) is 30.9. The van der Waals surface area contributed by atoms with Gasteiger partial charge in [-0.1, -0.05) is 60.7 Å². The zero-order valence-electron chi connectivity index (χ0n) is 17.6. The lowest BCUT2D eigenvalue weighted by molar-refractivity contribution is -0.135. The molecule has 2 aliphatic rings. The van der Waals surface area contributed by atoms with Crippen molar-refractivity contribution in [3.8, 4) is 0 Å². The van der Waals surface area contributed by atoms with Crippen LogP contribution in [0, 0.1) is 0 Å². The summed E-state index contributed by atoms with van der Waals surface area (Å²) in [6, 6.07) is 25.1. The molecule has 0 saturated carbocycles. The summed E-state index contributed by atoms with van der Waals surface area (Å²) >= 11 is 0. The van der Waals surface area contributed by atoms with E-state index in [0.29, 0.717) is 6.67 Å². The monoisotopic (exact) mass is 413 g/mol. The van der Waals surface area contributed by atoms with Gasteiger partial charge in [0.05, 0.1) is 13.2 Å². The molecule has 0 radical (unpaired) electrons. The number of carbonyl (C=O) groups is 2. The van der Waals surface area contributed by atoms with E-state index in [-0.39, 0.29) is 12.5 Å². The van der Waals surface area contributed by atoms with Gasteiger partial charge in [0.1, 0.15) is 11.8 Å². The van der Waals surface area contributed by atoms with Gasteiger partial charge < -0.3 is 14.6 Å². The number of fused-ring (bicyclic) bond motifs is 1. The number of aldehydes is 1. The standard InChI is InChI=1S/C26H27N3O2/c30-18-17-28-20-29(23-10-2-1-3-11-23)26(25(28)31)13-15-27(16-14-26)19-22-9-6-8-21-7-4-5-12-24(21)22/h1-12,18H,13-17,19-20H2. The summed E-state index contributed by atoms with van der Waals surface area (Å²) in [6.07, 6.45) is 2.36. The molecule has 2 fully saturated rings. The van der Waals surface area contributed by atoms with Gasteiger partial charge in [0, 0.05) is 25.3 Å². The molecule has 1 amide bonds. The van der Waals surface area contributed by atoms with Gasteiger partial charge in [-0.15, -0.1) is 0 Å². The number of nitrogens with zero attached hydrogens (tertiary/aromatic N) is 3. The van der Waals surface area contributed by atoms with Crippen molar-refractivity contribution < 1.29 is 9.59 Å². The minimum Gasteiger partial charge on any atom is -0.339 e. The minimum atomic E-state index is -0.556. The van der Waals surface area contributed by atoms with E-state index in [9.17, 15) is 9.59 Å². The number of piperidine rings is 1. The van der Waals surface area contributed by atoms with Crippen LogP contribution in [0.3, 0.4) is 0 Å². The van der Waals surface area contributed by atoms with Gasteiger partial charge in [0.15, 0.2) is 0 Å². The maximum Gasteiger partial charge on any atom is 0.250 e. The Kier molecular flexibility index (Phi) is 5.20. The number of amides is 1. The second kappa shape index (κ2) is 8.16. The molecule has 0 bridgehead atoms. The minimum absolute atomic E-state index is 0.0910. The molecule has 3 aromatic carbocycles. The normalized spacial score (nSPS) is 18.8. The molecule has 1 spiro atoms. The van der Waals surface area contributed by atoms with E-state index in [1.807, 2.05) is 18.2 Å². The van der Waals surface area contributed by atoms with Crippen molar-refractivity contribution in [2.24, 2.45) is 0 Å². The number of rotatable bonds is 5. The molecule has 0 aliphatic carbocycles. The van der Waals surface area contributed by atoms with Crippen LogP contribution in [0.1, 0.15) is 18.4 Å². The van der Waals surface area contributed by atoms with Crippen LogP contribution in [0.25, 0.3) is 10.8 Å². The molecule has 0 N–H and O–H groups in total. The van der Waals surface area contributed by atoms with Crippen LogP contribution in [0.4, 0.5) is 5.69 Å². The molecule has 2 aliphatic heterocycles. The van der Waals surface area contributed by atoms with Gasteiger partial charge in [0.2, 0.25) is 5.91 Å². The Hall–Kier alpha value is -3.18. The maximum atomic E-state index is 13.4. The van der Waals surface area contributed by atoms with E-state index in [1.54, 1.807) is 4.90 Å². The molecule has 0 aromatic heterocycles. The Labute approximate surface area is 182 Å². The molecule has 158 valence electrons. The molecule has 0 atom stereocenters. The summed E-state index contributed by atoms with van der Waals surface area (Å²) in [6.45, 7) is 3.23. The molecule has 0 unspecified atom stereocenters. The molecular formula is C26H27N3O2. The quantitative estimate of drug-likeness (QED) is 0.599. The van der Waals surface area contributed by atoms with Crippen molar-refractivity contribution in [2.75, 3.05) is 31.2 Å². The fraction of sp³-hybridized carbons (Fsp3) is 0.308. The smallest absolute Gasteiger partial charge is 0.250 e. The first kappa shape index (κ1) is 19.8. The van der Waals surface area contributed by atoms with Gasteiger partial charge in [-0.25, -0.2) is 0 Å². The fourth-order valence-electron chi connectivity index (χ4n) is 5.18. The molecule has 2 heterocycles.